The minimum absolute atomic E-state index is 0.204. The highest BCUT2D eigenvalue weighted by Gasteiger charge is 2.45. The van der Waals surface area contributed by atoms with Crippen molar-refractivity contribution in [2.75, 3.05) is 6.61 Å². The van der Waals surface area contributed by atoms with E-state index in [2.05, 4.69) is 11.9 Å². The summed E-state index contributed by atoms with van der Waals surface area (Å²) >= 11 is 0. The first-order valence-electron chi connectivity index (χ1n) is 6.13. The molecule has 0 saturated heterocycles. The highest BCUT2D eigenvalue weighted by molar-refractivity contribution is 5.74. The number of aliphatic hydroxyl groups is 1. The van der Waals surface area contributed by atoms with Crippen molar-refractivity contribution in [1.29, 1.82) is 0 Å². The average molecular weight is 255 g/mol. The van der Waals surface area contributed by atoms with Crippen molar-refractivity contribution < 1.29 is 19.4 Å². The predicted octanol–water partition coefficient (Wildman–Crippen LogP) is 0.771. The second-order valence-corrected chi connectivity index (χ2v) is 4.87. The fourth-order valence-electron chi connectivity index (χ4n) is 2.60. The van der Waals surface area contributed by atoms with E-state index in [9.17, 15) is 14.7 Å². The van der Waals surface area contributed by atoms with Gasteiger partial charge in [-0.2, -0.15) is 0 Å². The molecular formula is C13H21NO4. The molecule has 1 fully saturated rings. The lowest BCUT2D eigenvalue weighted by molar-refractivity contribution is -0.157. The molecule has 2 N–H and O–H groups in total. The van der Waals surface area contributed by atoms with Gasteiger partial charge in [0.25, 0.3) is 0 Å². The first kappa shape index (κ1) is 14.7. The molecule has 102 valence electrons. The summed E-state index contributed by atoms with van der Waals surface area (Å²) in [6, 6.07) is 0. The third-order valence-electron chi connectivity index (χ3n) is 3.39. The molecule has 1 rings (SSSR count). The molecule has 0 unspecified atom stereocenters. The molecule has 3 atom stereocenters. The fraction of sp³-hybridized carbons (Fsp3) is 0.692. The van der Waals surface area contributed by atoms with E-state index in [0.29, 0.717) is 12.8 Å². The maximum Gasteiger partial charge on any atom is 0.302 e. The zero-order chi connectivity index (χ0) is 13.8. The molecule has 0 heterocycles. The van der Waals surface area contributed by atoms with E-state index in [4.69, 9.17) is 4.74 Å². The topological polar surface area (TPSA) is 75.6 Å². The van der Waals surface area contributed by atoms with Gasteiger partial charge >= 0.3 is 5.97 Å². The van der Waals surface area contributed by atoms with Gasteiger partial charge in [0.2, 0.25) is 5.91 Å². The summed E-state index contributed by atoms with van der Waals surface area (Å²) in [5, 5.41) is 12.4. The average Bonchev–Trinajstić information content (AvgIpc) is 2.30. The first-order chi connectivity index (χ1) is 8.43. The van der Waals surface area contributed by atoms with Gasteiger partial charge in [-0.1, -0.05) is 6.08 Å². The number of aliphatic hydroxyl groups excluding tert-OH is 1. The first-order valence-corrected chi connectivity index (χ1v) is 6.13. The van der Waals surface area contributed by atoms with Crippen LogP contribution in [-0.2, 0) is 14.3 Å². The number of rotatable bonds is 4. The molecule has 18 heavy (non-hydrogen) atoms. The zero-order valence-electron chi connectivity index (χ0n) is 10.9. The Morgan fingerprint density at radius 2 is 2.17 bits per heavy atom. The summed E-state index contributed by atoms with van der Waals surface area (Å²) in [6.45, 7) is 6.21. The number of allylic oxidation sites excluding steroid dienone is 1. The Hall–Kier alpha value is -1.36. The molecule has 1 aliphatic carbocycles. The smallest absolute Gasteiger partial charge is 0.302 e. The highest BCUT2D eigenvalue weighted by Crippen LogP contribution is 2.35. The van der Waals surface area contributed by atoms with E-state index in [1.54, 1.807) is 0 Å². The van der Waals surface area contributed by atoms with Gasteiger partial charge in [-0.05, 0) is 25.2 Å². The molecule has 1 aliphatic rings. The van der Waals surface area contributed by atoms with Gasteiger partial charge in [-0.3, -0.25) is 9.59 Å². The van der Waals surface area contributed by atoms with Crippen LogP contribution in [0.2, 0.25) is 0 Å². The largest absolute Gasteiger partial charge is 0.460 e. The second-order valence-electron chi connectivity index (χ2n) is 4.87. The van der Waals surface area contributed by atoms with E-state index in [0.717, 1.165) is 6.42 Å². The molecule has 0 radical (unpaired) electrons. The third-order valence-corrected chi connectivity index (χ3v) is 3.39. The SMILES string of the molecule is C=C[C@@H]1CC[C@H](OC(C)=O)[C@@](CO)(NC(C)=O)C1. The molecule has 1 amide bonds. The molecule has 5 nitrogen and oxygen atoms in total. The molecule has 0 aromatic carbocycles. The van der Waals surface area contributed by atoms with Crippen LogP contribution in [-0.4, -0.2) is 35.2 Å². The maximum absolute atomic E-state index is 11.3. The summed E-state index contributed by atoms with van der Waals surface area (Å²) in [5.41, 5.74) is -0.894. The molecular weight excluding hydrogens is 234 g/mol. The van der Waals surface area contributed by atoms with Crippen LogP contribution >= 0.6 is 0 Å². The van der Waals surface area contributed by atoms with Crippen LogP contribution in [0.4, 0.5) is 0 Å². The van der Waals surface area contributed by atoms with Crippen LogP contribution in [0.15, 0.2) is 12.7 Å². The lowest BCUT2D eigenvalue weighted by Crippen LogP contribution is -2.62. The van der Waals surface area contributed by atoms with Crippen molar-refractivity contribution in [2.24, 2.45) is 5.92 Å². The number of hydrogen-bond donors (Lipinski definition) is 2. The summed E-state index contributed by atoms with van der Waals surface area (Å²) in [5.74, 6) is -0.443. The van der Waals surface area contributed by atoms with Crippen LogP contribution in [0.25, 0.3) is 0 Å². The van der Waals surface area contributed by atoms with Crippen molar-refractivity contribution in [3.63, 3.8) is 0 Å². The van der Waals surface area contributed by atoms with Crippen molar-refractivity contribution in [3.05, 3.63) is 12.7 Å². The van der Waals surface area contributed by atoms with E-state index >= 15 is 0 Å². The lowest BCUT2D eigenvalue weighted by atomic mass is 9.73. The monoisotopic (exact) mass is 255 g/mol. The zero-order valence-corrected chi connectivity index (χ0v) is 10.9. The molecule has 0 aromatic rings. The van der Waals surface area contributed by atoms with Crippen LogP contribution in [0, 0.1) is 5.92 Å². The van der Waals surface area contributed by atoms with Gasteiger partial charge < -0.3 is 15.2 Å². The molecule has 0 aromatic heterocycles. The van der Waals surface area contributed by atoms with Gasteiger partial charge in [0.05, 0.1) is 6.61 Å². The fourth-order valence-corrected chi connectivity index (χ4v) is 2.60. The van der Waals surface area contributed by atoms with Crippen molar-refractivity contribution >= 4 is 11.9 Å². The predicted molar refractivity (Wildman–Crippen MR) is 66.7 cm³/mol. The minimum atomic E-state index is -0.894. The van der Waals surface area contributed by atoms with E-state index in [-0.39, 0.29) is 18.4 Å². The van der Waals surface area contributed by atoms with Crippen LogP contribution in [0.1, 0.15) is 33.1 Å². The van der Waals surface area contributed by atoms with E-state index in [1.165, 1.54) is 13.8 Å². The Balaban J connectivity index is 2.95. The molecule has 0 spiro atoms. The van der Waals surface area contributed by atoms with Gasteiger partial charge in [0.15, 0.2) is 0 Å². The highest BCUT2D eigenvalue weighted by atomic mass is 16.5. The summed E-state index contributed by atoms with van der Waals surface area (Å²) in [4.78, 5) is 22.4. The Morgan fingerprint density at radius 3 is 2.61 bits per heavy atom. The summed E-state index contributed by atoms with van der Waals surface area (Å²) in [7, 11) is 0. The number of ether oxygens (including phenoxy) is 1. The van der Waals surface area contributed by atoms with Crippen LogP contribution < -0.4 is 5.32 Å². The van der Waals surface area contributed by atoms with Gasteiger partial charge in [0.1, 0.15) is 11.6 Å². The quantitative estimate of drug-likeness (QED) is 0.575. The molecule has 0 bridgehead atoms. The number of carbonyl (C=O) groups is 2. The van der Waals surface area contributed by atoms with Crippen molar-refractivity contribution in [3.8, 4) is 0 Å². The Bertz CT molecular complexity index is 342. The normalized spacial score (nSPS) is 31.5. The standard InChI is InChI=1S/C13H21NO4/c1-4-11-5-6-12(18-10(3)17)13(7-11,8-15)14-9(2)16/h4,11-12,15H,1,5-8H2,2-3H3,(H,14,16)/t11-,12+,13-/m1/s1. The van der Waals surface area contributed by atoms with Crippen LogP contribution in [0.5, 0.6) is 0 Å². The van der Waals surface area contributed by atoms with E-state index in [1.807, 2.05) is 6.08 Å². The van der Waals surface area contributed by atoms with Gasteiger partial charge in [-0.15, -0.1) is 6.58 Å². The third kappa shape index (κ3) is 3.32. The number of hydrogen-bond acceptors (Lipinski definition) is 4. The minimum Gasteiger partial charge on any atom is -0.460 e. The molecule has 0 aliphatic heterocycles. The summed E-state index contributed by atoms with van der Waals surface area (Å²) < 4.78 is 5.24. The van der Waals surface area contributed by atoms with E-state index < -0.39 is 17.6 Å². The lowest BCUT2D eigenvalue weighted by Gasteiger charge is -2.44. The van der Waals surface area contributed by atoms with Gasteiger partial charge in [-0.25, -0.2) is 0 Å². The Kier molecular flexibility index (Phi) is 4.90. The maximum atomic E-state index is 11.3. The number of amides is 1. The molecule has 1 saturated carbocycles. The van der Waals surface area contributed by atoms with Crippen molar-refractivity contribution in [1.82, 2.24) is 5.32 Å². The number of nitrogens with one attached hydrogen (secondary N) is 1. The van der Waals surface area contributed by atoms with Crippen molar-refractivity contribution in [2.45, 2.75) is 44.8 Å². The Labute approximate surface area is 107 Å². The Morgan fingerprint density at radius 1 is 1.50 bits per heavy atom. The molecule has 5 heteroatoms. The van der Waals surface area contributed by atoms with Gasteiger partial charge in [0, 0.05) is 13.8 Å². The summed E-state index contributed by atoms with van der Waals surface area (Å²) in [6.07, 6.45) is 3.31. The second kappa shape index (κ2) is 6.00. The van der Waals surface area contributed by atoms with Crippen LogP contribution in [0.3, 0.4) is 0 Å². The number of carbonyl (C=O) groups excluding carboxylic acids is 2. The number of esters is 1.